The minimum atomic E-state index is -0.696. The topological polar surface area (TPSA) is 61.4 Å². The summed E-state index contributed by atoms with van der Waals surface area (Å²) in [7, 11) is 0. The molecule has 2 atom stereocenters. The Morgan fingerprint density at radius 3 is 2.82 bits per heavy atom. The van der Waals surface area contributed by atoms with Crippen LogP contribution in [0.5, 0.6) is 0 Å². The molecular formula is C16H14ClFN2O2. The number of hydrogen-bond acceptors (Lipinski definition) is 2. The maximum absolute atomic E-state index is 13.7. The molecule has 0 heterocycles. The van der Waals surface area contributed by atoms with Crippen molar-refractivity contribution in [1.29, 1.82) is 0 Å². The Kier molecular flexibility index (Phi) is 4.00. The number of anilines is 1. The summed E-state index contributed by atoms with van der Waals surface area (Å²) in [5, 5.41) is 15.4. The van der Waals surface area contributed by atoms with Crippen LogP contribution in [0, 0.1) is 5.82 Å². The quantitative estimate of drug-likeness (QED) is 0.795. The lowest BCUT2D eigenvalue weighted by Crippen LogP contribution is -2.37. The highest BCUT2D eigenvalue weighted by Crippen LogP contribution is 2.31. The molecule has 1 aliphatic carbocycles. The first kappa shape index (κ1) is 14.8. The van der Waals surface area contributed by atoms with Crippen LogP contribution >= 0.6 is 11.6 Å². The van der Waals surface area contributed by atoms with Crippen molar-refractivity contribution < 1.29 is 14.3 Å². The maximum atomic E-state index is 13.7. The monoisotopic (exact) mass is 320 g/mol. The van der Waals surface area contributed by atoms with Crippen molar-refractivity contribution in [3.05, 3.63) is 64.4 Å². The number of hydrogen-bond donors (Lipinski definition) is 3. The second-order valence-corrected chi connectivity index (χ2v) is 5.61. The molecule has 1 aliphatic rings. The van der Waals surface area contributed by atoms with Gasteiger partial charge in [0.25, 0.3) is 0 Å². The Labute approximate surface area is 131 Å². The largest absolute Gasteiger partial charge is 0.390 e. The minimum absolute atomic E-state index is 0.0303. The second kappa shape index (κ2) is 5.94. The summed E-state index contributed by atoms with van der Waals surface area (Å²) in [5.41, 5.74) is 1.90. The average molecular weight is 321 g/mol. The van der Waals surface area contributed by atoms with E-state index in [1.807, 2.05) is 24.3 Å². The number of nitrogens with one attached hydrogen (secondary N) is 2. The number of urea groups is 1. The molecule has 3 N–H and O–H groups in total. The Morgan fingerprint density at radius 1 is 1.27 bits per heavy atom. The summed E-state index contributed by atoms with van der Waals surface area (Å²) < 4.78 is 13.7. The predicted octanol–water partition coefficient (Wildman–Crippen LogP) is 3.26. The standard InChI is InChI=1S/C16H14ClFN2O2/c17-10-5-6-13(12(18)8-10)19-16(22)20-15-11-4-2-1-3-9(11)7-14(15)21/h1-6,8,14-15,21H,7H2,(H2,19,20,22)/t14-,15+/m0/s1. The molecule has 4 nitrogen and oxygen atoms in total. The fourth-order valence-electron chi connectivity index (χ4n) is 2.64. The summed E-state index contributed by atoms with van der Waals surface area (Å²) >= 11 is 5.66. The third-order valence-electron chi connectivity index (χ3n) is 3.67. The number of carbonyl (C=O) groups is 1. The lowest BCUT2D eigenvalue weighted by atomic mass is 10.1. The summed E-state index contributed by atoms with van der Waals surface area (Å²) in [6.07, 6.45) is -0.214. The molecule has 22 heavy (non-hydrogen) atoms. The van der Waals surface area contributed by atoms with E-state index in [1.54, 1.807) is 0 Å². The molecule has 0 unspecified atom stereocenters. The van der Waals surface area contributed by atoms with Crippen LogP contribution in [0.3, 0.4) is 0 Å². The lowest BCUT2D eigenvalue weighted by Gasteiger charge is -2.18. The maximum Gasteiger partial charge on any atom is 0.319 e. The Bertz CT molecular complexity index is 723. The highest BCUT2D eigenvalue weighted by atomic mass is 35.5. The fourth-order valence-corrected chi connectivity index (χ4v) is 2.80. The zero-order valence-electron chi connectivity index (χ0n) is 11.5. The van der Waals surface area contributed by atoms with E-state index in [4.69, 9.17) is 11.6 Å². The molecular weight excluding hydrogens is 307 g/mol. The van der Waals surface area contributed by atoms with Crippen LogP contribution in [0.4, 0.5) is 14.9 Å². The van der Waals surface area contributed by atoms with Gasteiger partial charge in [-0.1, -0.05) is 35.9 Å². The molecule has 0 radical (unpaired) electrons. The van der Waals surface area contributed by atoms with Gasteiger partial charge in [0.2, 0.25) is 0 Å². The van der Waals surface area contributed by atoms with Gasteiger partial charge in [0, 0.05) is 11.4 Å². The van der Waals surface area contributed by atoms with Gasteiger partial charge in [0.1, 0.15) is 5.82 Å². The van der Waals surface area contributed by atoms with Crippen LogP contribution in [0.25, 0.3) is 0 Å². The number of carbonyl (C=O) groups excluding carboxylic acids is 1. The number of aliphatic hydroxyl groups excluding tert-OH is 1. The van der Waals surface area contributed by atoms with Gasteiger partial charge < -0.3 is 15.7 Å². The van der Waals surface area contributed by atoms with E-state index in [1.165, 1.54) is 12.1 Å². The molecule has 0 saturated carbocycles. The van der Waals surface area contributed by atoms with Crippen LogP contribution in [0.1, 0.15) is 17.2 Å². The van der Waals surface area contributed by atoms with Gasteiger partial charge in [0.15, 0.2) is 0 Å². The zero-order valence-corrected chi connectivity index (χ0v) is 12.3. The van der Waals surface area contributed by atoms with E-state index >= 15 is 0 Å². The first-order valence-electron chi connectivity index (χ1n) is 6.83. The highest BCUT2D eigenvalue weighted by Gasteiger charge is 2.31. The smallest absolute Gasteiger partial charge is 0.319 e. The molecule has 0 aliphatic heterocycles. The second-order valence-electron chi connectivity index (χ2n) is 5.17. The fraction of sp³-hybridized carbons (Fsp3) is 0.188. The van der Waals surface area contributed by atoms with Crippen LogP contribution in [-0.4, -0.2) is 17.2 Å². The van der Waals surface area contributed by atoms with Crippen LogP contribution in [0.15, 0.2) is 42.5 Å². The molecule has 6 heteroatoms. The van der Waals surface area contributed by atoms with Crippen molar-refractivity contribution in [3.8, 4) is 0 Å². The molecule has 114 valence electrons. The predicted molar refractivity (Wildman–Crippen MR) is 82.5 cm³/mol. The molecule has 0 fully saturated rings. The van der Waals surface area contributed by atoms with E-state index in [9.17, 15) is 14.3 Å². The number of benzene rings is 2. The average Bonchev–Trinajstić information content (AvgIpc) is 2.78. The molecule has 2 amide bonds. The number of amides is 2. The van der Waals surface area contributed by atoms with Gasteiger partial charge in [-0.05, 0) is 29.3 Å². The SMILES string of the molecule is O=C(Nc1ccc(Cl)cc1F)N[C@@H]1c2ccccc2C[C@@H]1O. The Balaban J connectivity index is 1.72. The first-order chi connectivity index (χ1) is 10.5. The number of halogens is 2. The number of aliphatic hydroxyl groups is 1. The highest BCUT2D eigenvalue weighted by molar-refractivity contribution is 6.30. The lowest BCUT2D eigenvalue weighted by molar-refractivity contribution is 0.144. The van der Waals surface area contributed by atoms with Crippen LogP contribution < -0.4 is 10.6 Å². The van der Waals surface area contributed by atoms with Gasteiger partial charge in [-0.2, -0.15) is 0 Å². The summed E-state index contributed by atoms with van der Waals surface area (Å²) in [5.74, 6) is -0.616. The minimum Gasteiger partial charge on any atom is -0.390 e. The Hall–Kier alpha value is -2.11. The molecule has 2 aromatic carbocycles. The van der Waals surface area contributed by atoms with Gasteiger partial charge >= 0.3 is 6.03 Å². The van der Waals surface area contributed by atoms with Gasteiger partial charge in [-0.3, -0.25) is 0 Å². The number of fused-ring (bicyclic) bond motifs is 1. The van der Waals surface area contributed by atoms with Crippen molar-refractivity contribution in [3.63, 3.8) is 0 Å². The molecule has 0 spiro atoms. The number of rotatable bonds is 2. The van der Waals surface area contributed by atoms with Crippen LogP contribution in [-0.2, 0) is 6.42 Å². The van der Waals surface area contributed by atoms with Crippen molar-refractivity contribution in [2.75, 3.05) is 5.32 Å². The van der Waals surface area contributed by atoms with Gasteiger partial charge in [0.05, 0.1) is 17.8 Å². The van der Waals surface area contributed by atoms with Crippen molar-refractivity contribution in [2.24, 2.45) is 0 Å². The van der Waals surface area contributed by atoms with E-state index in [0.717, 1.165) is 17.2 Å². The molecule has 0 aromatic heterocycles. The van der Waals surface area contributed by atoms with Crippen molar-refractivity contribution >= 4 is 23.3 Å². The zero-order chi connectivity index (χ0) is 15.7. The van der Waals surface area contributed by atoms with E-state index in [2.05, 4.69) is 10.6 Å². The molecule has 3 rings (SSSR count). The van der Waals surface area contributed by atoms with E-state index in [0.29, 0.717) is 6.42 Å². The van der Waals surface area contributed by atoms with Crippen molar-refractivity contribution in [1.82, 2.24) is 5.32 Å². The van der Waals surface area contributed by atoms with Crippen molar-refractivity contribution in [2.45, 2.75) is 18.6 Å². The van der Waals surface area contributed by atoms with Gasteiger partial charge in [-0.15, -0.1) is 0 Å². The third-order valence-corrected chi connectivity index (χ3v) is 3.91. The molecule has 0 saturated heterocycles. The normalized spacial score (nSPS) is 19.6. The molecule has 0 bridgehead atoms. The van der Waals surface area contributed by atoms with Gasteiger partial charge in [-0.25, -0.2) is 9.18 Å². The summed E-state index contributed by atoms with van der Waals surface area (Å²) in [6, 6.07) is 10.4. The Morgan fingerprint density at radius 2 is 2.05 bits per heavy atom. The van der Waals surface area contributed by atoms with E-state index < -0.39 is 24.0 Å². The third kappa shape index (κ3) is 2.91. The van der Waals surface area contributed by atoms with E-state index in [-0.39, 0.29) is 10.7 Å². The summed E-state index contributed by atoms with van der Waals surface area (Å²) in [6.45, 7) is 0. The van der Waals surface area contributed by atoms with Crippen LogP contribution in [0.2, 0.25) is 5.02 Å². The summed E-state index contributed by atoms with van der Waals surface area (Å²) in [4.78, 5) is 12.0. The molecule has 2 aromatic rings. The first-order valence-corrected chi connectivity index (χ1v) is 7.21.